The van der Waals surface area contributed by atoms with E-state index in [2.05, 4.69) is 15.6 Å². The number of nitrogens with one attached hydrogen (secondary N) is 2. The van der Waals surface area contributed by atoms with Crippen LogP contribution in [0, 0.1) is 10.1 Å². The Morgan fingerprint density at radius 2 is 1.81 bits per heavy atom. The molecule has 9 nitrogen and oxygen atoms in total. The van der Waals surface area contributed by atoms with Crippen molar-refractivity contribution < 1.29 is 19.2 Å². The summed E-state index contributed by atoms with van der Waals surface area (Å²) in [7, 11) is 1.60. The molecule has 0 bridgehead atoms. The first-order valence-corrected chi connectivity index (χ1v) is 12.8. The summed E-state index contributed by atoms with van der Waals surface area (Å²) in [5.74, 6) is 0.0704. The highest BCUT2D eigenvalue weighted by Crippen LogP contribution is 2.32. The molecule has 0 saturated carbocycles. The van der Waals surface area contributed by atoms with Gasteiger partial charge in [-0.2, -0.15) is 0 Å². The summed E-state index contributed by atoms with van der Waals surface area (Å²) >= 11 is 2.70. The normalized spacial score (nSPS) is 11.4. The Kier molecular flexibility index (Phi) is 8.16. The molecule has 0 saturated heterocycles. The summed E-state index contributed by atoms with van der Waals surface area (Å²) in [6.07, 6.45) is 0. The zero-order chi connectivity index (χ0) is 26.4. The molecule has 0 aliphatic carbocycles. The van der Waals surface area contributed by atoms with E-state index in [0.29, 0.717) is 16.6 Å². The molecule has 3 aromatic carbocycles. The van der Waals surface area contributed by atoms with Crippen LogP contribution in [0.15, 0.2) is 83.1 Å². The fourth-order valence-corrected chi connectivity index (χ4v) is 4.94. The molecule has 1 atom stereocenters. The van der Waals surface area contributed by atoms with Crippen molar-refractivity contribution in [2.24, 2.45) is 0 Å². The molecular weight excluding hydrogens is 512 g/mol. The zero-order valence-electron chi connectivity index (χ0n) is 19.8. The van der Waals surface area contributed by atoms with Gasteiger partial charge in [0, 0.05) is 39.2 Å². The van der Waals surface area contributed by atoms with E-state index in [-0.39, 0.29) is 17.2 Å². The SMILES string of the molecule is COc1ccccc1-c1csc(NC(=O)C(C)Sc2ccc(NC(=O)c3cccc([N+](=O)[O-])c3)cc2)n1. The van der Waals surface area contributed by atoms with Crippen LogP contribution >= 0.6 is 23.1 Å². The van der Waals surface area contributed by atoms with Gasteiger partial charge in [0.1, 0.15) is 5.75 Å². The number of amides is 2. The Morgan fingerprint density at radius 3 is 2.54 bits per heavy atom. The number of hydrogen-bond donors (Lipinski definition) is 2. The summed E-state index contributed by atoms with van der Waals surface area (Å²) in [5.41, 5.74) is 2.14. The van der Waals surface area contributed by atoms with Crippen LogP contribution in [0.4, 0.5) is 16.5 Å². The van der Waals surface area contributed by atoms with Gasteiger partial charge in [0.25, 0.3) is 11.6 Å². The predicted molar refractivity (Wildman–Crippen MR) is 146 cm³/mol. The first-order valence-electron chi connectivity index (χ1n) is 11.1. The Hall–Kier alpha value is -4.22. The molecule has 2 amide bonds. The van der Waals surface area contributed by atoms with Gasteiger partial charge in [0.05, 0.1) is 23.0 Å². The van der Waals surface area contributed by atoms with Crippen LogP contribution in [-0.2, 0) is 4.79 Å². The van der Waals surface area contributed by atoms with Crippen LogP contribution < -0.4 is 15.4 Å². The number of rotatable bonds is 9. The maximum atomic E-state index is 12.7. The van der Waals surface area contributed by atoms with Crippen LogP contribution in [0.25, 0.3) is 11.3 Å². The van der Waals surface area contributed by atoms with Gasteiger partial charge >= 0.3 is 0 Å². The highest BCUT2D eigenvalue weighted by molar-refractivity contribution is 8.00. The number of carbonyl (C=O) groups is 2. The third kappa shape index (κ3) is 6.51. The molecule has 1 unspecified atom stereocenters. The lowest BCUT2D eigenvalue weighted by atomic mass is 10.1. The molecule has 0 fully saturated rings. The van der Waals surface area contributed by atoms with Crippen LogP contribution in [0.3, 0.4) is 0 Å². The molecule has 0 spiro atoms. The highest BCUT2D eigenvalue weighted by atomic mass is 32.2. The molecule has 11 heteroatoms. The van der Waals surface area contributed by atoms with Gasteiger partial charge in [0.15, 0.2) is 5.13 Å². The first-order chi connectivity index (χ1) is 17.8. The van der Waals surface area contributed by atoms with Crippen LogP contribution in [-0.4, -0.2) is 34.1 Å². The molecule has 1 heterocycles. The van der Waals surface area contributed by atoms with Gasteiger partial charge in [-0.1, -0.05) is 18.2 Å². The lowest BCUT2D eigenvalue weighted by Crippen LogP contribution is -2.22. The van der Waals surface area contributed by atoms with Crippen LogP contribution in [0.2, 0.25) is 0 Å². The van der Waals surface area contributed by atoms with Gasteiger partial charge in [-0.25, -0.2) is 4.98 Å². The number of thioether (sulfide) groups is 1. The Morgan fingerprint density at radius 1 is 1.05 bits per heavy atom. The topological polar surface area (TPSA) is 123 Å². The number of hydrogen-bond acceptors (Lipinski definition) is 8. The van der Waals surface area contributed by atoms with Crippen molar-refractivity contribution in [3.63, 3.8) is 0 Å². The molecule has 0 aliphatic heterocycles. The second-order valence-electron chi connectivity index (χ2n) is 7.77. The van der Waals surface area contributed by atoms with Crippen molar-refractivity contribution in [2.45, 2.75) is 17.1 Å². The number of ether oxygens (including phenoxy) is 1. The van der Waals surface area contributed by atoms with E-state index in [1.165, 1.54) is 47.4 Å². The molecule has 1 aromatic heterocycles. The average molecular weight is 535 g/mol. The number of nitrogens with zero attached hydrogens (tertiary/aromatic N) is 2. The van der Waals surface area contributed by atoms with E-state index in [9.17, 15) is 19.7 Å². The second kappa shape index (κ2) is 11.7. The van der Waals surface area contributed by atoms with Crippen molar-refractivity contribution in [1.29, 1.82) is 0 Å². The Labute approximate surface area is 221 Å². The molecule has 4 aromatic rings. The number of para-hydroxylation sites is 1. The van der Waals surface area contributed by atoms with E-state index >= 15 is 0 Å². The standard InChI is InChI=1S/C26H22N4O5S2/c1-16(24(31)29-26-28-22(15-36-26)21-8-3-4-9-23(21)35-2)37-20-12-10-18(11-13-20)27-25(32)17-6-5-7-19(14-17)30(33)34/h3-16H,1-2H3,(H,27,32)(H,28,29,31). The molecule has 2 N–H and O–H groups in total. The van der Waals surface area contributed by atoms with Crippen LogP contribution in [0.5, 0.6) is 5.75 Å². The minimum atomic E-state index is -0.548. The average Bonchev–Trinajstić information content (AvgIpc) is 3.38. The quantitative estimate of drug-likeness (QED) is 0.151. The molecule has 0 radical (unpaired) electrons. The van der Waals surface area contributed by atoms with Crippen LogP contribution in [0.1, 0.15) is 17.3 Å². The fourth-order valence-electron chi connectivity index (χ4n) is 3.36. The van der Waals surface area contributed by atoms with E-state index in [1.54, 1.807) is 38.3 Å². The summed E-state index contributed by atoms with van der Waals surface area (Å²) in [6.45, 7) is 1.80. The molecule has 4 rings (SSSR count). The smallest absolute Gasteiger partial charge is 0.270 e. The molecule has 0 aliphatic rings. The maximum Gasteiger partial charge on any atom is 0.270 e. The Bertz CT molecular complexity index is 1440. The zero-order valence-corrected chi connectivity index (χ0v) is 21.5. The van der Waals surface area contributed by atoms with Gasteiger partial charge in [-0.3, -0.25) is 19.7 Å². The summed E-state index contributed by atoms with van der Waals surface area (Å²) in [6, 6.07) is 20.1. The predicted octanol–water partition coefficient (Wildman–Crippen LogP) is 6.10. The van der Waals surface area contributed by atoms with Crippen molar-refractivity contribution >= 4 is 51.4 Å². The number of nitro groups is 1. The third-order valence-corrected chi connectivity index (χ3v) is 7.10. The minimum absolute atomic E-state index is 0.152. The third-order valence-electron chi connectivity index (χ3n) is 5.23. The number of anilines is 2. The number of methoxy groups -OCH3 is 1. The lowest BCUT2D eigenvalue weighted by Gasteiger charge is -2.11. The largest absolute Gasteiger partial charge is 0.496 e. The molecule has 188 valence electrons. The van der Waals surface area contributed by atoms with Gasteiger partial charge < -0.3 is 15.4 Å². The minimum Gasteiger partial charge on any atom is -0.496 e. The Balaban J connectivity index is 1.33. The summed E-state index contributed by atoms with van der Waals surface area (Å²) < 4.78 is 5.39. The highest BCUT2D eigenvalue weighted by Gasteiger charge is 2.18. The van der Waals surface area contributed by atoms with Gasteiger partial charge in [-0.05, 0) is 49.4 Å². The number of non-ortho nitro benzene ring substituents is 1. The molecular formula is C26H22N4O5S2. The van der Waals surface area contributed by atoms with Crippen molar-refractivity contribution in [1.82, 2.24) is 4.98 Å². The number of aromatic nitrogens is 1. The number of thiazole rings is 1. The monoisotopic (exact) mass is 534 g/mol. The first kappa shape index (κ1) is 25.9. The fraction of sp³-hybridized carbons (Fsp3) is 0.115. The van der Waals surface area contributed by atoms with E-state index in [4.69, 9.17) is 4.74 Å². The van der Waals surface area contributed by atoms with Gasteiger partial charge in [0.2, 0.25) is 5.91 Å². The van der Waals surface area contributed by atoms with E-state index in [0.717, 1.165) is 16.2 Å². The summed E-state index contributed by atoms with van der Waals surface area (Å²) in [4.78, 5) is 40.9. The van der Waals surface area contributed by atoms with Crippen molar-refractivity contribution in [2.75, 3.05) is 17.7 Å². The lowest BCUT2D eigenvalue weighted by molar-refractivity contribution is -0.384. The second-order valence-corrected chi connectivity index (χ2v) is 10.0. The van der Waals surface area contributed by atoms with Crippen molar-refractivity contribution in [3.05, 3.63) is 93.9 Å². The number of nitro benzene ring substituents is 1. The van der Waals surface area contributed by atoms with E-state index < -0.39 is 16.1 Å². The molecule has 37 heavy (non-hydrogen) atoms. The number of carbonyl (C=O) groups excluding carboxylic acids is 2. The van der Waals surface area contributed by atoms with Crippen molar-refractivity contribution in [3.8, 4) is 17.0 Å². The summed E-state index contributed by atoms with van der Waals surface area (Å²) in [5, 5.41) is 18.5. The van der Waals surface area contributed by atoms with E-state index in [1.807, 2.05) is 29.6 Å². The number of benzene rings is 3. The maximum absolute atomic E-state index is 12.7. The van der Waals surface area contributed by atoms with Gasteiger partial charge in [-0.15, -0.1) is 23.1 Å².